The summed E-state index contributed by atoms with van der Waals surface area (Å²) in [6, 6.07) is 36.6. The van der Waals surface area contributed by atoms with Crippen molar-refractivity contribution in [3.8, 4) is 34.1 Å². The van der Waals surface area contributed by atoms with Crippen LogP contribution in [0.5, 0.6) is 23.0 Å². The lowest BCUT2D eigenvalue weighted by Gasteiger charge is -2.42. The molecular formula is C50H38N4O4S6+2. The second-order valence-corrected chi connectivity index (χ2v) is 22.0. The number of nitrogens with zero attached hydrogens (tertiary/aromatic N) is 4. The van der Waals surface area contributed by atoms with Crippen LogP contribution in [0.1, 0.15) is 54.8 Å². The molecule has 2 atom stereocenters. The van der Waals surface area contributed by atoms with E-state index >= 15 is 0 Å². The van der Waals surface area contributed by atoms with Crippen LogP contribution in [-0.2, 0) is 37.3 Å². The van der Waals surface area contributed by atoms with Crippen LogP contribution in [0.15, 0.2) is 145 Å². The minimum Gasteiger partial charge on any atom is -0.483 e. The minimum absolute atomic E-state index is 0.322. The predicted molar refractivity (Wildman–Crippen MR) is 263 cm³/mol. The lowest BCUT2D eigenvalue weighted by Crippen LogP contribution is -2.46. The van der Waals surface area contributed by atoms with Crippen molar-refractivity contribution in [2.45, 2.75) is 51.1 Å². The van der Waals surface area contributed by atoms with E-state index in [1.165, 1.54) is 29.3 Å². The standard InChI is InChI=1S/C50H38N4O4S6/c1-49(47-61-41-23-37(55-27-31-11-3-7-17-51-31)38(24-42(41)62-47)56-28-32-12-4-8-18-52-32)45-35(15-21-59-45)36-16-22-60-46(36)50(49,2)48-63-43-25-39(57-29-33-13-5-9-19-53-33)40(26-44(43)64-48)58-30-34-14-6-10-20-54-34/h3-26H,27-30H2,1-2H3/q+2/t49-,50-/m0/s1. The largest absolute Gasteiger partial charge is 0.483 e. The number of rotatable bonds is 14. The lowest BCUT2D eigenvalue weighted by molar-refractivity contribution is 0.252. The molecule has 1 aliphatic rings. The van der Waals surface area contributed by atoms with Crippen molar-refractivity contribution in [1.29, 1.82) is 0 Å². The van der Waals surface area contributed by atoms with Gasteiger partial charge in [-0.15, -0.1) is 22.7 Å². The average Bonchev–Trinajstić information content (AvgIpc) is 4.18. The van der Waals surface area contributed by atoms with Crippen molar-refractivity contribution in [2.75, 3.05) is 0 Å². The maximum absolute atomic E-state index is 6.51. The van der Waals surface area contributed by atoms with Crippen molar-refractivity contribution < 1.29 is 18.9 Å². The molecule has 0 N–H and O–H groups in total. The summed E-state index contributed by atoms with van der Waals surface area (Å²) in [6.07, 6.45) is 7.16. The van der Waals surface area contributed by atoms with Crippen LogP contribution in [0, 0.1) is 0 Å². The van der Waals surface area contributed by atoms with Crippen LogP contribution in [0.4, 0.5) is 0 Å². The molecule has 0 unspecified atom stereocenters. The topological polar surface area (TPSA) is 88.5 Å². The van der Waals surface area contributed by atoms with Crippen molar-refractivity contribution in [1.82, 2.24) is 19.9 Å². The van der Waals surface area contributed by atoms with Gasteiger partial charge in [0.05, 0.1) is 68.1 Å². The van der Waals surface area contributed by atoms with Crippen LogP contribution in [0.25, 0.3) is 29.9 Å². The number of pyridine rings is 4. The Morgan fingerprint density at radius 2 is 0.797 bits per heavy atom. The molecule has 0 saturated carbocycles. The Balaban J connectivity index is 1.02. The molecule has 1 aliphatic carbocycles. The maximum atomic E-state index is 6.51. The molecule has 0 radical (unpaired) electrons. The summed E-state index contributed by atoms with van der Waals surface area (Å²) in [5.74, 6) is 2.71. The summed E-state index contributed by atoms with van der Waals surface area (Å²) in [7, 11) is 0. The Bertz CT molecular complexity index is 2850. The van der Waals surface area contributed by atoms with Gasteiger partial charge >= 0.3 is 0 Å². The summed E-state index contributed by atoms with van der Waals surface area (Å²) >= 11 is 11.1. The SMILES string of the molecule is C[C@@]1(c2sc3cc(OCc4ccccn4)c(OCc4ccccn4)cc3[s+]2)c2sccc2-c2ccsc2[C@@]1(C)c1sc2cc(OCc3ccccn3)c(OCc3ccccn3)cc2[s+]1. The zero-order valence-electron chi connectivity index (χ0n) is 34.6. The third kappa shape index (κ3) is 7.51. The van der Waals surface area contributed by atoms with Gasteiger partial charge in [0.2, 0.25) is 0 Å². The Morgan fingerprint density at radius 1 is 0.453 bits per heavy atom. The lowest BCUT2D eigenvalue weighted by atomic mass is 9.61. The van der Waals surface area contributed by atoms with Gasteiger partial charge in [0.1, 0.15) is 37.3 Å². The molecule has 0 fully saturated rings. The monoisotopic (exact) mass is 950 g/mol. The summed E-state index contributed by atoms with van der Waals surface area (Å²) in [4.78, 5) is 20.8. The Hall–Kier alpha value is -5.74. The maximum Gasteiger partial charge on any atom is 0.268 e. The van der Waals surface area contributed by atoms with Gasteiger partial charge in [-0.25, -0.2) is 0 Å². The number of ether oxygens (including phenoxy) is 4. The quantitative estimate of drug-likeness (QED) is 0.0996. The Kier molecular flexibility index (Phi) is 11.1. The molecule has 316 valence electrons. The fourth-order valence-corrected chi connectivity index (χ4v) is 16.8. The zero-order chi connectivity index (χ0) is 43.1. The molecule has 10 aromatic rings. The molecule has 64 heavy (non-hydrogen) atoms. The van der Waals surface area contributed by atoms with E-state index in [1.807, 2.05) is 141 Å². The van der Waals surface area contributed by atoms with E-state index in [1.54, 1.807) is 24.8 Å². The van der Waals surface area contributed by atoms with Gasteiger partial charge in [-0.1, -0.05) is 24.3 Å². The molecule has 0 spiro atoms. The van der Waals surface area contributed by atoms with E-state index in [9.17, 15) is 0 Å². The average molecular weight is 951 g/mol. The van der Waals surface area contributed by atoms with Crippen LogP contribution >= 0.6 is 68.0 Å². The molecular weight excluding hydrogens is 913 g/mol. The first-order valence-electron chi connectivity index (χ1n) is 20.5. The normalized spacial score (nSPS) is 16.7. The summed E-state index contributed by atoms with van der Waals surface area (Å²) in [5.41, 5.74) is 5.15. The first-order valence-corrected chi connectivity index (χ1v) is 25.6. The highest BCUT2D eigenvalue weighted by atomic mass is 32.2. The first-order chi connectivity index (χ1) is 31.4. The number of aromatic nitrogens is 4. The minimum atomic E-state index is -0.430. The molecule has 8 heterocycles. The van der Waals surface area contributed by atoms with Gasteiger partial charge in [-0.05, 0) is 96.4 Å². The van der Waals surface area contributed by atoms with Gasteiger partial charge in [0, 0.05) is 58.8 Å². The number of fused-ring (bicyclic) bond motifs is 5. The highest BCUT2D eigenvalue weighted by molar-refractivity contribution is 7.40. The van der Waals surface area contributed by atoms with Crippen molar-refractivity contribution in [3.63, 3.8) is 0 Å². The number of hydrogen-bond donors (Lipinski definition) is 0. The third-order valence-electron chi connectivity index (χ3n) is 11.6. The van der Waals surface area contributed by atoms with Gasteiger partial charge < -0.3 is 18.9 Å². The van der Waals surface area contributed by atoms with E-state index in [2.05, 4.69) is 80.9 Å². The number of benzene rings is 2. The summed E-state index contributed by atoms with van der Waals surface area (Å²) < 4.78 is 33.2. The smallest absolute Gasteiger partial charge is 0.268 e. The van der Waals surface area contributed by atoms with E-state index < -0.39 is 10.8 Å². The van der Waals surface area contributed by atoms with E-state index in [0.717, 1.165) is 41.6 Å². The zero-order valence-corrected chi connectivity index (χ0v) is 39.5. The second-order valence-electron chi connectivity index (χ2n) is 15.5. The van der Waals surface area contributed by atoms with Gasteiger partial charge in [-0.2, -0.15) is 0 Å². The van der Waals surface area contributed by atoms with E-state index in [-0.39, 0.29) is 0 Å². The van der Waals surface area contributed by atoms with Gasteiger partial charge in [0.15, 0.2) is 41.8 Å². The van der Waals surface area contributed by atoms with Gasteiger partial charge in [-0.3, -0.25) is 19.9 Å². The Labute approximate surface area is 393 Å². The number of hydrogen-bond acceptors (Lipinski definition) is 12. The summed E-state index contributed by atoms with van der Waals surface area (Å²) in [5, 5.41) is 4.51. The number of thiophene rings is 2. The molecule has 8 nitrogen and oxygen atoms in total. The molecule has 2 aromatic carbocycles. The molecule has 14 heteroatoms. The molecule has 0 aliphatic heterocycles. The van der Waals surface area contributed by atoms with E-state index in [4.69, 9.17) is 18.9 Å². The predicted octanol–water partition coefficient (Wildman–Crippen LogP) is 14.1. The van der Waals surface area contributed by atoms with Crippen LogP contribution in [0.2, 0.25) is 0 Å². The van der Waals surface area contributed by atoms with Crippen molar-refractivity contribution in [2.24, 2.45) is 0 Å². The van der Waals surface area contributed by atoms with Crippen LogP contribution in [-0.4, -0.2) is 19.9 Å². The highest BCUT2D eigenvalue weighted by Gasteiger charge is 2.64. The first kappa shape index (κ1) is 41.0. The molecule has 0 amide bonds. The molecule has 0 bridgehead atoms. The van der Waals surface area contributed by atoms with Crippen molar-refractivity contribution in [3.05, 3.63) is 186 Å². The molecule has 11 rings (SSSR count). The fourth-order valence-electron chi connectivity index (χ4n) is 8.07. The summed E-state index contributed by atoms with van der Waals surface area (Å²) in [6.45, 7) is 6.21. The second kappa shape index (κ2) is 17.3. The van der Waals surface area contributed by atoms with E-state index in [0.29, 0.717) is 49.4 Å². The molecule has 8 aromatic heterocycles. The molecule has 0 saturated heterocycles. The highest BCUT2D eigenvalue weighted by Crippen LogP contribution is 2.66. The van der Waals surface area contributed by atoms with Crippen LogP contribution < -0.4 is 18.9 Å². The van der Waals surface area contributed by atoms with Crippen molar-refractivity contribution >= 4 is 86.8 Å². The third-order valence-corrected chi connectivity index (χ3v) is 19.7. The van der Waals surface area contributed by atoms with Crippen LogP contribution in [0.3, 0.4) is 0 Å². The Morgan fingerprint density at radius 3 is 1.12 bits per heavy atom. The van der Waals surface area contributed by atoms with Gasteiger partial charge in [0.25, 0.3) is 8.38 Å². The fraction of sp³-hybridized carbons (Fsp3) is 0.160.